The van der Waals surface area contributed by atoms with Crippen molar-refractivity contribution in [1.82, 2.24) is 15.1 Å². The summed E-state index contributed by atoms with van der Waals surface area (Å²) in [6.45, 7) is 9.15. The van der Waals surface area contributed by atoms with E-state index in [9.17, 15) is 9.59 Å². The van der Waals surface area contributed by atoms with Crippen molar-refractivity contribution in [3.63, 3.8) is 0 Å². The Hall–Kier alpha value is -1.73. The van der Waals surface area contributed by atoms with Crippen LogP contribution in [0.4, 0.5) is 0 Å². The summed E-state index contributed by atoms with van der Waals surface area (Å²) >= 11 is 1.56. The molecule has 7 heteroatoms. The molecule has 0 saturated carbocycles. The second-order valence-corrected chi connectivity index (χ2v) is 10.6. The van der Waals surface area contributed by atoms with Crippen molar-refractivity contribution < 1.29 is 14.3 Å². The zero-order valence-electron chi connectivity index (χ0n) is 19.2. The van der Waals surface area contributed by atoms with E-state index in [1.54, 1.807) is 18.9 Å². The molecule has 1 fully saturated rings. The highest BCUT2D eigenvalue weighted by atomic mass is 32.2. The fourth-order valence-electron chi connectivity index (χ4n) is 3.91. The standard InChI is InChI=1S/C23H37N3O3S/c1-17(30-20-9-7-19(29-6)8-10-20)22(28)26-13-11-18(12-14-26)21(27)24-15-23(2,3)16-25(4)5/h7-10,17-18H,11-16H2,1-6H3,(H,24,27). The van der Waals surface area contributed by atoms with Crippen molar-refractivity contribution in [1.29, 1.82) is 0 Å². The van der Waals surface area contributed by atoms with Gasteiger partial charge in [-0.2, -0.15) is 0 Å². The van der Waals surface area contributed by atoms with Gasteiger partial charge in [0.25, 0.3) is 0 Å². The monoisotopic (exact) mass is 435 g/mol. The molecule has 0 aliphatic carbocycles. The Balaban J connectivity index is 1.78. The number of rotatable bonds is 9. The summed E-state index contributed by atoms with van der Waals surface area (Å²) in [6.07, 6.45) is 1.46. The van der Waals surface area contributed by atoms with E-state index in [1.165, 1.54) is 0 Å². The molecule has 1 atom stereocenters. The summed E-state index contributed by atoms with van der Waals surface area (Å²) in [5.41, 5.74) is 0.0317. The fourth-order valence-corrected chi connectivity index (χ4v) is 4.86. The molecule has 0 bridgehead atoms. The van der Waals surface area contributed by atoms with Crippen LogP contribution in [0.15, 0.2) is 29.2 Å². The molecule has 1 aromatic rings. The van der Waals surface area contributed by atoms with Crippen LogP contribution in [0, 0.1) is 11.3 Å². The van der Waals surface area contributed by atoms with E-state index >= 15 is 0 Å². The minimum absolute atomic E-state index is 0.00578. The lowest BCUT2D eigenvalue weighted by Gasteiger charge is -2.34. The SMILES string of the molecule is COc1ccc(SC(C)C(=O)N2CCC(C(=O)NCC(C)(C)CN(C)C)CC2)cc1. The fraction of sp³-hybridized carbons (Fsp3) is 0.652. The molecule has 6 nitrogen and oxygen atoms in total. The highest BCUT2D eigenvalue weighted by molar-refractivity contribution is 8.00. The Morgan fingerprint density at radius 3 is 2.37 bits per heavy atom. The maximum Gasteiger partial charge on any atom is 0.235 e. The third kappa shape index (κ3) is 7.51. The molecule has 168 valence electrons. The molecule has 1 aromatic carbocycles. The van der Waals surface area contributed by atoms with Gasteiger partial charge in [0, 0.05) is 37.0 Å². The Kier molecular flexibility index (Phi) is 9.04. The number of amides is 2. The Morgan fingerprint density at radius 2 is 1.83 bits per heavy atom. The second-order valence-electron chi connectivity index (χ2n) is 9.15. The first-order chi connectivity index (χ1) is 14.1. The third-order valence-corrected chi connectivity index (χ3v) is 6.48. The van der Waals surface area contributed by atoms with E-state index in [0.717, 1.165) is 30.0 Å². The van der Waals surface area contributed by atoms with Crippen LogP contribution in [0.5, 0.6) is 5.75 Å². The molecule has 0 spiro atoms. The predicted octanol–water partition coefficient (Wildman–Crippen LogP) is 3.12. The van der Waals surface area contributed by atoms with Crippen LogP contribution >= 0.6 is 11.8 Å². The van der Waals surface area contributed by atoms with Crippen LogP contribution in [-0.4, -0.2) is 74.2 Å². The maximum atomic E-state index is 12.8. The molecular formula is C23H37N3O3S. The van der Waals surface area contributed by atoms with Gasteiger partial charge < -0.3 is 19.9 Å². The smallest absolute Gasteiger partial charge is 0.235 e. The molecule has 0 radical (unpaired) electrons. The number of hydrogen-bond donors (Lipinski definition) is 1. The van der Waals surface area contributed by atoms with Crippen molar-refractivity contribution in [3.05, 3.63) is 24.3 Å². The van der Waals surface area contributed by atoms with Gasteiger partial charge in [-0.25, -0.2) is 0 Å². The number of benzene rings is 1. The first kappa shape index (κ1) is 24.5. The number of thioether (sulfide) groups is 1. The van der Waals surface area contributed by atoms with Crippen molar-refractivity contribution in [2.24, 2.45) is 11.3 Å². The average molecular weight is 436 g/mol. The summed E-state index contributed by atoms with van der Waals surface area (Å²) < 4.78 is 5.18. The van der Waals surface area contributed by atoms with Crippen LogP contribution in [0.1, 0.15) is 33.6 Å². The van der Waals surface area contributed by atoms with Crippen molar-refractivity contribution in [2.45, 2.75) is 43.8 Å². The zero-order chi connectivity index (χ0) is 22.3. The minimum atomic E-state index is -0.157. The highest BCUT2D eigenvalue weighted by Gasteiger charge is 2.30. The van der Waals surface area contributed by atoms with Crippen LogP contribution in [0.2, 0.25) is 0 Å². The normalized spacial score (nSPS) is 16.4. The largest absolute Gasteiger partial charge is 0.497 e. The van der Waals surface area contributed by atoms with Crippen LogP contribution in [-0.2, 0) is 9.59 Å². The summed E-state index contributed by atoms with van der Waals surface area (Å²) in [4.78, 5) is 30.5. The van der Waals surface area contributed by atoms with Gasteiger partial charge in [0.2, 0.25) is 11.8 Å². The van der Waals surface area contributed by atoms with E-state index in [0.29, 0.717) is 19.6 Å². The number of hydrogen-bond acceptors (Lipinski definition) is 5. The number of ether oxygens (including phenoxy) is 1. The number of piperidine rings is 1. The van der Waals surface area contributed by atoms with Crippen molar-refractivity contribution in [3.8, 4) is 5.75 Å². The quantitative estimate of drug-likeness (QED) is 0.604. The van der Waals surface area contributed by atoms with Gasteiger partial charge in [-0.1, -0.05) is 13.8 Å². The first-order valence-corrected chi connectivity index (χ1v) is 11.5. The molecule has 1 aliphatic heterocycles. The van der Waals surface area contributed by atoms with Crippen LogP contribution in [0.3, 0.4) is 0 Å². The number of carbonyl (C=O) groups is 2. The van der Waals surface area contributed by atoms with Crippen molar-refractivity contribution in [2.75, 3.05) is 47.4 Å². The minimum Gasteiger partial charge on any atom is -0.497 e. The molecule has 2 amide bonds. The Bertz CT molecular complexity index is 698. The molecule has 1 saturated heterocycles. The van der Waals surface area contributed by atoms with Crippen molar-refractivity contribution >= 4 is 23.6 Å². The van der Waals surface area contributed by atoms with Gasteiger partial charge in [0.15, 0.2) is 0 Å². The Labute approximate surface area is 185 Å². The Morgan fingerprint density at radius 1 is 1.23 bits per heavy atom. The van der Waals surface area contributed by atoms with E-state index in [-0.39, 0.29) is 28.4 Å². The number of methoxy groups -OCH3 is 1. The molecule has 1 aliphatic rings. The topological polar surface area (TPSA) is 61.9 Å². The summed E-state index contributed by atoms with van der Waals surface area (Å²) in [5.74, 6) is 1.06. The molecule has 1 heterocycles. The molecule has 0 aromatic heterocycles. The summed E-state index contributed by atoms with van der Waals surface area (Å²) in [5, 5.41) is 2.97. The maximum absolute atomic E-state index is 12.8. The summed E-state index contributed by atoms with van der Waals surface area (Å²) in [6, 6.07) is 7.76. The van der Waals surface area contributed by atoms with Gasteiger partial charge in [-0.05, 0) is 63.5 Å². The number of carbonyl (C=O) groups excluding carboxylic acids is 2. The highest BCUT2D eigenvalue weighted by Crippen LogP contribution is 2.28. The van der Waals surface area contributed by atoms with Crippen LogP contribution in [0.25, 0.3) is 0 Å². The zero-order valence-corrected chi connectivity index (χ0v) is 20.1. The predicted molar refractivity (Wildman–Crippen MR) is 123 cm³/mol. The lowest BCUT2D eigenvalue weighted by molar-refractivity contribution is -0.135. The molecular weight excluding hydrogens is 398 g/mol. The number of nitrogens with one attached hydrogen (secondary N) is 1. The van der Waals surface area contributed by atoms with Gasteiger partial charge in [0.05, 0.1) is 12.4 Å². The molecule has 1 N–H and O–H groups in total. The molecule has 30 heavy (non-hydrogen) atoms. The van der Waals surface area contributed by atoms with Crippen LogP contribution < -0.4 is 10.1 Å². The summed E-state index contributed by atoms with van der Waals surface area (Å²) in [7, 11) is 5.73. The third-order valence-electron chi connectivity index (χ3n) is 5.38. The van der Waals surface area contributed by atoms with Gasteiger partial charge in [-0.15, -0.1) is 11.8 Å². The molecule has 2 rings (SSSR count). The van der Waals surface area contributed by atoms with E-state index in [2.05, 4.69) is 24.1 Å². The average Bonchev–Trinajstić information content (AvgIpc) is 2.71. The first-order valence-electron chi connectivity index (χ1n) is 10.6. The lowest BCUT2D eigenvalue weighted by atomic mass is 9.91. The van der Waals surface area contributed by atoms with E-state index < -0.39 is 0 Å². The molecule has 1 unspecified atom stereocenters. The number of nitrogens with zero attached hydrogens (tertiary/aromatic N) is 2. The van der Waals surface area contributed by atoms with E-state index in [1.807, 2.05) is 50.2 Å². The van der Waals surface area contributed by atoms with E-state index in [4.69, 9.17) is 4.74 Å². The second kappa shape index (κ2) is 11.0. The lowest BCUT2D eigenvalue weighted by Crippen LogP contribution is -2.47. The van der Waals surface area contributed by atoms with Gasteiger partial charge in [0.1, 0.15) is 5.75 Å². The number of likely N-dealkylation sites (tertiary alicyclic amines) is 1. The van der Waals surface area contributed by atoms with Gasteiger partial charge in [-0.3, -0.25) is 9.59 Å². The van der Waals surface area contributed by atoms with Gasteiger partial charge >= 0.3 is 0 Å².